The second-order valence-corrected chi connectivity index (χ2v) is 5.97. The number of halogens is 1. The van der Waals surface area contributed by atoms with Crippen LogP contribution < -0.4 is 21.1 Å². The Kier molecular flexibility index (Phi) is 5.13. The van der Waals surface area contributed by atoms with Crippen molar-refractivity contribution in [2.24, 2.45) is 7.05 Å². The van der Waals surface area contributed by atoms with Gasteiger partial charge in [0.05, 0.1) is 24.0 Å². The van der Waals surface area contributed by atoms with Crippen molar-refractivity contribution in [2.45, 2.75) is 0 Å². The van der Waals surface area contributed by atoms with Crippen LogP contribution in [0.4, 0.5) is 17.2 Å². The lowest BCUT2D eigenvalue weighted by atomic mass is 10.1. The average Bonchev–Trinajstić information content (AvgIpc) is 3.06. The van der Waals surface area contributed by atoms with Gasteiger partial charge in [-0.25, -0.2) is 9.97 Å². The number of nitrogen functional groups attached to an aromatic ring is 1. The Morgan fingerprint density at radius 2 is 2.11 bits per heavy atom. The van der Waals surface area contributed by atoms with Crippen molar-refractivity contribution >= 4 is 34.7 Å². The molecule has 9 nitrogen and oxygen atoms in total. The molecule has 3 aromatic rings. The summed E-state index contributed by atoms with van der Waals surface area (Å²) in [5.74, 6) is 0.654. The van der Waals surface area contributed by atoms with Crippen LogP contribution in [-0.2, 0) is 7.05 Å². The maximum absolute atomic E-state index is 12.2. The summed E-state index contributed by atoms with van der Waals surface area (Å²) in [6.45, 7) is 0. The number of aryl methyl sites for hydroxylation is 1. The maximum atomic E-state index is 12.2. The summed E-state index contributed by atoms with van der Waals surface area (Å²) in [4.78, 5) is 20.4. The second-order valence-electron chi connectivity index (χ2n) is 5.59. The lowest BCUT2D eigenvalue weighted by Crippen LogP contribution is -2.21. The molecule has 0 atom stereocenters. The van der Waals surface area contributed by atoms with Gasteiger partial charge in [-0.2, -0.15) is 5.10 Å². The Morgan fingerprint density at radius 3 is 2.74 bits per heavy atom. The summed E-state index contributed by atoms with van der Waals surface area (Å²) >= 11 is 6.02. The highest BCUT2D eigenvalue weighted by Gasteiger charge is 2.20. The quantitative estimate of drug-likeness (QED) is 0.574. The standard InChI is InChI=1S/C17H18ClN7O2/c1-20-17(26)13-11(7-12(18)23-15(13)19)22-10-6-4-5-9(14(10)27-3)16-21-8-25(2)24-16/h4-8H,1-3H3,(H,20,26)(H3,19,22,23). The molecule has 3 rings (SSSR count). The highest BCUT2D eigenvalue weighted by molar-refractivity contribution is 6.30. The Hall–Kier alpha value is -3.33. The van der Waals surface area contributed by atoms with E-state index in [9.17, 15) is 4.79 Å². The van der Waals surface area contributed by atoms with E-state index in [1.807, 2.05) is 12.1 Å². The zero-order chi connectivity index (χ0) is 19.6. The molecule has 4 N–H and O–H groups in total. The van der Waals surface area contributed by atoms with Gasteiger partial charge < -0.3 is 21.1 Å². The van der Waals surface area contributed by atoms with Gasteiger partial charge in [0.1, 0.15) is 22.9 Å². The number of hydrogen-bond acceptors (Lipinski definition) is 7. The molecule has 0 aliphatic heterocycles. The number of carbonyl (C=O) groups is 1. The number of rotatable bonds is 5. The fourth-order valence-electron chi connectivity index (χ4n) is 2.63. The van der Waals surface area contributed by atoms with Crippen molar-refractivity contribution in [2.75, 3.05) is 25.2 Å². The van der Waals surface area contributed by atoms with Gasteiger partial charge in [-0.3, -0.25) is 9.48 Å². The average molecular weight is 388 g/mol. The Balaban J connectivity index is 2.10. The summed E-state index contributed by atoms with van der Waals surface area (Å²) in [7, 11) is 4.83. The van der Waals surface area contributed by atoms with Crippen molar-refractivity contribution in [1.29, 1.82) is 0 Å². The highest BCUT2D eigenvalue weighted by atomic mass is 35.5. The fourth-order valence-corrected chi connectivity index (χ4v) is 2.83. The summed E-state index contributed by atoms with van der Waals surface area (Å²) < 4.78 is 7.17. The molecule has 140 valence electrons. The molecular formula is C17H18ClN7O2. The van der Waals surface area contributed by atoms with E-state index in [2.05, 4.69) is 25.7 Å². The zero-order valence-electron chi connectivity index (χ0n) is 14.9. The van der Waals surface area contributed by atoms with Crippen molar-refractivity contribution in [3.05, 3.63) is 41.3 Å². The zero-order valence-corrected chi connectivity index (χ0v) is 15.7. The number of nitrogens with zero attached hydrogens (tertiary/aromatic N) is 4. The predicted molar refractivity (Wildman–Crippen MR) is 103 cm³/mol. The van der Waals surface area contributed by atoms with Crippen molar-refractivity contribution in [3.63, 3.8) is 0 Å². The molecule has 0 aliphatic rings. The van der Waals surface area contributed by atoms with Crippen LogP contribution in [0, 0.1) is 0 Å². The van der Waals surface area contributed by atoms with Crippen LogP contribution in [0.3, 0.4) is 0 Å². The van der Waals surface area contributed by atoms with Crippen molar-refractivity contribution in [3.8, 4) is 17.1 Å². The number of pyridine rings is 1. The number of anilines is 3. The van der Waals surface area contributed by atoms with Crippen molar-refractivity contribution in [1.82, 2.24) is 25.1 Å². The maximum Gasteiger partial charge on any atom is 0.256 e. The monoisotopic (exact) mass is 387 g/mol. The molecule has 1 amide bonds. The molecule has 0 unspecified atom stereocenters. The molecule has 0 radical (unpaired) electrons. The number of nitrogens with one attached hydrogen (secondary N) is 2. The minimum Gasteiger partial charge on any atom is -0.494 e. The van der Waals surface area contributed by atoms with Gasteiger partial charge in [-0.1, -0.05) is 17.7 Å². The minimum absolute atomic E-state index is 0.0193. The molecule has 0 bridgehead atoms. The summed E-state index contributed by atoms with van der Waals surface area (Å²) in [5, 5.41) is 10.2. The minimum atomic E-state index is -0.388. The molecule has 0 spiro atoms. The van der Waals surface area contributed by atoms with Crippen LogP contribution >= 0.6 is 11.6 Å². The number of carbonyl (C=O) groups excluding carboxylic acids is 1. The van der Waals surface area contributed by atoms with E-state index in [1.54, 1.807) is 31.2 Å². The molecule has 2 heterocycles. The van der Waals surface area contributed by atoms with Crippen LogP contribution in [0.15, 0.2) is 30.6 Å². The molecule has 0 aliphatic carbocycles. The van der Waals surface area contributed by atoms with Crippen LogP contribution in [0.5, 0.6) is 5.75 Å². The number of amides is 1. The lowest BCUT2D eigenvalue weighted by Gasteiger charge is -2.17. The SMILES string of the molecule is CNC(=O)c1c(Nc2cccc(-c3ncn(C)n3)c2OC)cc(Cl)nc1N. The number of ether oxygens (including phenoxy) is 1. The summed E-state index contributed by atoms with van der Waals surface area (Å²) in [6, 6.07) is 6.98. The topological polar surface area (TPSA) is 120 Å². The Labute approximate surface area is 160 Å². The second kappa shape index (κ2) is 7.50. The third kappa shape index (κ3) is 3.63. The first-order valence-electron chi connectivity index (χ1n) is 7.92. The van der Waals surface area contributed by atoms with E-state index >= 15 is 0 Å². The molecule has 27 heavy (non-hydrogen) atoms. The number of para-hydroxylation sites is 1. The van der Waals surface area contributed by atoms with Gasteiger partial charge in [0.25, 0.3) is 5.91 Å². The van der Waals surface area contributed by atoms with E-state index < -0.39 is 0 Å². The number of hydrogen-bond donors (Lipinski definition) is 3. The predicted octanol–water partition coefficient (Wildman–Crippen LogP) is 2.22. The number of aromatic nitrogens is 4. The number of nitrogens with two attached hydrogens (primary N) is 1. The van der Waals surface area contributed by atoms with E-state index in [0.29, 0.717) is 28.5 Å². The summed E-state index contributed by atoms with van der Waals surface area (Å²) in [5.41, 5.74) is 7.77. The smallest absolute Gasteiger partial charge is 0.256 e. The lowest BCUT2D eigenvalue weighted by molar-refractivity contribution is 0.0964. The Morgan fingerprint density at radius 1 is 1.33 bits per heavy atom. The first-order chi connectivity index (χ1) is 12.9. The molecule has 2 aromatic heterocycles. The molecule has 0 saturated carbocycles. The number of methoxy groups -OCH3 is 1. The third-order valence-electron chi connectivity index (χ3n) is 3.80. The molecule has 10 heteroatoms. The molecule has 0 saturated heterocycles. The third-order valence-corrected chi connectivity index (χ3v) is 3.99. The summed E-state index contributed by atoms with van der Waals surface area (Å²) in [6.07, 6.45) is 1.60. The van der Waals surface area contributed by atoms with Crippen LogP contribution in [0.25, 0.3) is 11.4 Å². The van der Waals surface area contributed by atoms with E-state index in [1.165, 1.54) is 13.1 Å². The molecule has 1 aromatic carbocycles. The van der Waals surface area contributed by atoms with Crippen LogP contribution in [-0.4, -0.2) is 39.8 Å². The van der Waals surface area contributed by atoms with Crippen LogP contribution in [0.1, 0.15) is 10.4 Å². The normalized spacial score (nSPS) is 10.5. The highest BCUT2D eigenvalue weighted by Crippen LogP contribution is 2.37. The van der Waals surface area contributed by atoms with Gasteiger partial charge in [0.2, 0.25) is 0 Å². The first kappa shape index (κ1) is 18.5. The van der Waals surface area contributed by atoms with Crippen molar-refractivity contribution < 1.29 is 9.53 Å². The first-order valence-corrected chi connectivity index (χ1v) is 8.30. The van der Waals surface area contributed by atoms with Crippen LogP contribution in [0.2, 0.25) is 5.15 Å². The van der Waals surface area contributed by atoms with Gasteiger partial charge in [0, 0.05) is 14.1 Å². The van der Waals surface area contributed by atoms with Gasteiger partial charge in [0.15, 0.2) is 11.6 Å². The van der Waals surface area contributed by atoms with E-state index in [-0.39, 0.29) is 22.4 Å². The number of benzene rings is 1. The molecule has 0 fully saturated rings. The van der Waals surface area contributed by atoms with Gasteiger partial charge in [-0.05, 0) is 18.2 Å². The van der Waals surface area contributed by atoms with Gasteiger partial charge >= 0.3 is 0 Å². The van der Waals surface area contributed by atoms with Gasteiger partial charge in [-0.15, -0.1) is 0 Å². The van der Waals surface area contributed by atoms with E-state index in [0.717, 1.165) is 0 Å². The molecular weight excluding hydrogens is 370 g/mol. The fraction of sp³-hybridized carbons (Fsp3) is 0.176. The Bertz CT molecular complexity index is 1000. The largest absolute Gasteiger partial charge is 0.494 e. The van der Waals surface area contributed by atoms with E-state index in [4.69, 9.17) is 22.1 Å².